The Labute approximate surface area is 191 Å². The van der Waals surface area contributed by atoms with Crippen molar-refractivity contribution in [2.75, 3.05) is 6.54 Å². The van der Waals surface area contributed by atoms with Crippen LogP contribution < -0.4 is 5.32 Å². The average molecular weight is 451 g/mol. The van der Waals surface area contributed by atoms with Gasteiger partial charge in [0.05, 0.1) is 17.5 Å². The average Bonchev–Trinajstić information content (AvgIpc) is 2.77. The van der Waals surface area contributed by atoms with Gasteiger partial charge in [-0.3, -0.25) is 4.79 Å². The number of amides is 1. The second-order valence-electron chi connectivity index (χ2n) is 8.15. The summed E-state index contributed by atoms with van der Waals surface area (Å²) in [6.07, 6.45) is 0. The fourth-order valence-corrected chi connectivity index (χ4v) is 5.13. The lowest BCUT2D eigenvalue weighted by Crippen LogP contribution is -2.41. The topological polar surface area (TPSA) is 66.5 Å². The molecule has 168 valence electrons. The number of benzene rings is 3. The monoisotopic (exact) mass is 450 g/mol. The van der Waals surface area contributed by atoms with Crippen LogP contribution in [-0.2, 0) is 21.4 Å². The van der Waals surface area contributed by atoms with Crippen molar-refractivity contribution in [3.63, 3.8) is 0 Å². The number of carbonyl (C=O) groups is 1. The van der Waals surface area contributed by atoms with Crippen molar-refractivity contribution in [2.45, 2.75) is 45.2 Å². The third-order valence-electron chi connectivity index (χ3n) is 5.63. The number of rotatable bonds is 8. The highest BCUT2D eigenvalue weighted by atomic mass is 32.2. The van der Waals surface area contributed by atoms with Crippen LogP contribution in [0, 0.1) is 20.8 Å². The quantitative estimate of drug-likeness (QED) is 0.542. The summed E-state index contributed by atoms with van der Waals surface area (Å²) >= 11 is 0. The van der Waals surface area contributed by atoms with E-state index in [0.29, 0.717) is 0 Å². The molecule has 0 unspecified atom stereocenters. The summed E-state index contributed by atoms with van der Waals surface area (Å²) in [5, 5.41) is 2.98. The molecule has 0 aliphatic heterocycles. The predicted octanol–water partition coefficient (Wildman–Crippen LogP) is 4.68. The van der Waals surface area contributed by atoms with Crippen LogP contribution >= 0.6 is 0 Å². The minimum absolute atomic E-state index is 0.114. The van der Waals surface area contributed by atoms with Crippen molar-refractivity contribution < 1.29 is 13.2 Å². The molecule has 1 amide bonds. The predicted molar refractivity (Wildman–Crippen MR) is 128 cm³/mol. The van der Waals surface area contributed by atoms with Gasteiger partial charge in [0.15, 0.2) is 0 Å². The van der Waals surface area contributed by atoms with Crippen LogP contribution in [0.1, 0.15) is 40.8 Å². The SMILES string of the molecule is Cc1cc(C)c([C@H](C)NC(=O)CN(Cc2ccccc2)S(=O)(=O)c2ccccc2)cc1C. The van der Waals surface area contributed by atoms with Gasteiger partial charge in [0, 0.05) is 6.54 Å². The third-order valence-corrected chi connectivity index (χ3v) is 7.43. The van der Waals surface area contributed by atoms with Gasteiger partial charge in [-0.15, -0.1) is 0 Å². The number of hydrogen-bond acceptors (Lipinski definition) is 3. The first-order valence-corrected chi connectivity index (χ1v) is 12.1. The smallest absolute Gasteiger partial charge is 0.243 e. The van der Waals surface area contributed by atoms with Crippen molar-refractivity contribution in [2.24, 2.45) is 0 Å². The van der Waals surface area contributed by atoms with E-state index < -0.39 is 10.0 Å². The Balaban J connectivity index is 1.83. The second kappa shape index (κ2) is 10.1. The molecule has 0 aliphatic rings. The van der Waals surface area contributed by atoms with Gasteiger partial charge in [0.2, 0.25) is 15.9 Å². The van der Waals surface area contributed by atoms with Crippen molar-refractivity contribution in [1.82, 2.24) is 9.62 Å². The first-order valence-electron chi connectivity index (χ1n) is 10.6. The molecular weight excluding hydrogens is 420 g/mol. The van der Waals surface area contributed by atoms with E-state index in [0.717, 1.165) is 22.3 Å². The molecule has 0 spiro atoms. The van der Waals surface area contributed by atoms with Gasteiger partial charge in [0.25, 0.3) is 0 Å². The maximum absolute atomic E-state index is 13.3. The van der Waals surface area contributed by atoms with Crippen LogP contribution in [-0.4, -0.2) is 25.2 Å². The molecular formula is C26H30N2O3S. The molecule has 0 fully saturated rings. The Morgan fingerprint density at radius 2 is 1.44 bits per heavy atom. The molecule has 32 heavy (non-hydrogen) atoms. The Kier molecular flexibility index (Phi) is 7.48. The van der Waals surface area contributed by atoms with Crippen LogP contribution in [0.3, 0.4) is 0 Å². The zero-order chi connectivity index (χ0) is 23.3. The lowest BCUT2D eigenvalue weighted by molar-refractivity contribution is -0.122. The van der Waals surface area contributed by atoms with Crippen LogP contribution in [0.25, 0.3) is 0 Å². The van der Waals surface area contributed by atoms with Crippen molar-refractivity contribution >= 4 is 15.9 Å². The van der Waals surface area contributed by atoms with Crippen molar-refractivity contribution in [3.8, 4) is 0 Å². The second-order valence-corrected chi connectivity index (χ2v) is 10.1. The van der Waals surface area contributed by atoms with Gasteiger partial charge < -0.3 is 5.32 Å². The normalized spacial score (nSPS) is 12.5. The summed E-state index contributed by atoms with van der Waals surface area (Å²) in [5.41, 5.74) is 5.30. The third kappa shape index (κ3) is 5.64. The van der Waals surface area contributed by atoms with Crippen LogP contribution in [0.5, 0.6) is 0 Å². The fraction of sp³-hybridized carbons (Fsp3) is 0.269. The van der Waals surface area contributed by atoms with E-state index in [9.17, 15) is 13.2 Å². The number of carbonyl (C=O) groups excluding carboxylic acids is 1. The van der Waals surface area contributed by atoms with Crippen LogP contribution in [0.4, 0.5) is 0 Å². The van der Waals surface area contributed by atoms with Crippen molar-refractivity contribution in [3.05, 3.63) is 101 Å². The highest BCUT2D eigenvalue weighted by Crippen LogP contribution is 2.22. The molecule has 3 rings (SSSR count). The molecule has 0 heterocycles. The lowest BCUT2D eigenvalue weighted by Gasteiger charge is -2.24. The maximum Gasteiger partial charge on any atom is 0.243 e. The van der Waals surface area contributed by atoms with Gasteiger partial charge in [-0.05, 0) is 67.6 Å². The summed E-state index contributed by atoms with van der Waals surface area (Å²) in [7, 11) is -3.84. The van der Waals surface area contributed by atoms with E-state index >= 15 is 0 Å². The molecule has 0 bridgehead atoms. The number of sulfonamides is 1. The molecule has 3 aromatic rings. The van der Waals surface area contributed by atoms with Gasteiger partial charge in [-0.1, -0.05) is 60.7 Å². The summed E-state index contributed by atoms with van der Waals surface area (Å²) in [6.45, 7) is 7.89. The van der Waals surface area contributed by atoms with E-state index in [1.54, 1.807) is 30.3 Å². The Hall–Kier alpha value is -2.96. The largest absolute Gasteiger partial charge is 0.348 e. The summed E-state index contributed by atoms with van der Waals surface area (Å²) in [6, 6.07) is 21.5. The number of nitrogens with one attached hydrogen (secondary N) is 1. The molecule has 0 aliphatic carbocycles. The van der Waals surface area contributed by atoms with E-state index in [4.69, 9.17) is 0 Å². The van der Waals surface area contributed by atoms with Gasteiger partial charge in [-0.25, -0.2) is 8.42 Å². The molecule has 1 atom stereocenters. The van der Waals surface area contributed by atoms with Gasteiger partial charge >= 0.3 is 0 Å². The van der Waals surface area contributed by atoms with Crippen LogP contribution in [0.2, 0.25) is 0 Å². The number of hydrogen-bond donors (Lipinski definition) is 1. The zero-order valence-corrected chi connectivity index (χ0v) is 19.8. The molecule has 5 nitrogen and oxygen atoms in total. The number of aryl methyl sites for hydroxylation is 3. The zero-order valence-electron chi connectivity index (χ0n) is 19.0. The minimum Gasteiger partial charge on any atom is -0.348 e. The first-order chi connectivity index (χ1) is 15.2. The Morgan fingerprint density at radius 3 is 2.06 bits per heavy atom. The highest BCUT2D eigenvalue weighted by Gasteiger charge is 2.27. The molecule has 1 N–H and O–H groups in total. The highest BCUT2D eigenvalue weighted by molar-refractivity contribution is 7.89. The standard InChI is InChI=1S/C26H30N2O3S/c1-19-15-21(3)25(16-20(19)2)22(4)27-26(29)18-28(17-23-11-7-5-8-12-23)32(30,31)24-13-9-6-10-14-24/h5-16,22H,17-18H2,1-4H3,(H,27,29)/t22-/m0/s1. The molecule has 0 aromatic heterocycles. The van der Waals surface area contributed by atoms with Gasteiger partial charge in [-0.2, -0.15) is 4.31 Å². The Bertz CT molecular complexity index is 1180. The van der Waals surface area contributed by atoms with Crippen LogP contribution in [0.15, 0.2) is 77.7 Å². The molecule has 0 saturated heterocycles. The van der Waals surface area contributed by atoms with Crippen molar-refractivity contribution in [1.29, 1.82) is 0 Å². The molecule has 0 saturated carbocycles. The molecule has 6 heteroatoms. The Morgan fingerprint density at radius 1 is 0.875 bits per heavy atom. The fourth-order valence-electron chi connectivity index (χ4n) is 3.73. The van der Waals surface area contributed by atoms with Gasteiger partial charge in [0.1, 0.15) is 0 Å². The summed E-state index contributed by atoms with van der Waals surface area (Å²) in [4.78, 5) is 13.1. The first kappa shape index (κ1) is 23.7. The lowest BCUT2D eigenvalue weighted by atomic mass is 9.96. The molecule has 0 radical (unpaired) electrons. The van der Waals surface area contributed by atoms with E-state index in [1.807, 2.05) is 51.1 Å². The number of nitrogens with zero attached hydrogens (tertiary/aromatic N) is 1. The summed E-state index contributed by atoms with van der Waals surface area (Å²) < 4.78 is 27.8. The van der Waals surface area contributed by atoms with E-state index in [2.05, 4.69) is 24.4 Å². The summed E-state index contributed by atoms with van der Waals surface area (Å²) in [5.74, 6) is -0.342. The van der Waals surface area contributed by atoms with E-state index in [1.165, 1.54) is 9.87 Å². The minimum atomic E-state index is -3.84. The van der Waals surface area contributed by atoms with E-state index in [-0.39, 0.29) is 29.9 Å². The molecule has 3 aromatic carbocycles. The maximum atomic E-state index is 13.3.